The lowest BCUT2D eigenvalue weighted by Gasteiger charge is -2.31. The predicted octanol–water partition coefficient (Wildman–Crippen LogP) is 10.8. The van der Waals surface area contributed by atoms with E-state index in [1.807, 2.05) is 0 Å². The minimum Gasteiger partial charge on any atom is -0.288 e. The fraction of sp³-hybridized carbons (Fsp3) is 0.0465. The summed E-state index contributed by atoms with van der Waals surface area (Å²) in [6.45, 7) is 4.14. The maximum absolute atomic E-state index is 4.80. The van der Waals surface area contributed by atoms with Crippen LogP contribution in [0.15, 0.2) is 151 Å². The van der Waals surface area contributed by atoms with Gasteiger partial charge in [-0.25, -0.2) is 0 Å². The van der Waals surface area contributed by atoms with E-state index in [2.05, 4.69) is 152 Å². The summed E-state index contributed by atoms with van der Waals surface area (Å²) < 4.78 is 0. The molecule has 1 atom stereocenters. The third kappa shape index (κ3) is 2.82. The zero-order valence-corrected chi connectivity index (χ0v) is 24.1. The summed E-state index contributed by atoms with van der Waals surface area (Å²) in [6, 6.07) is 53.8. The molecule has 1 nitrogen and oxygen atoms in total. The largest absolute Gasteiger partial charge is 0.288 e. The second-order valence-electron chi connectivity index (χ2n) is 12.3. The number of hydrogen-bond donors (Lipinski definition) is 0. The van der Waals surface area contributed by atoms with Crippen LogP contribution in [0.4, 0.5) is 0 Å². The third-order valence-electron chi connectivity index (χ3n) is 10.4. The van der Waals surface area contributed by atoms with Gasteiger partial charge in [-0.05, 0) is 106 Å². The van der Waals surface area contributed by atoms with Gasteiger partial charge >= 0.3 is 0 Å². The Labute approximate surface area is 255 Å². The first-order valence-electron chi connectivity index (χ1n) is 15.3. The molecule has 0 radical (unpaired) electrons. The first kappa shape index (κ1) is 24.0. The molecule has 0 saturated heterocycles. The Morgan fingerprint density at radius 3 is 1.80 bits per heavy atom. The lowest BCUT2D eigenvalue weighted by Crippen LogP contribution is -2.26. The van der Waals surface area contributed by atoms with Crippen molar-refractivity contribution in [1.82, 2.24) is 0 Å². The zero-order chi connectivity index (χ0) is 29.0. The molecule has 2 aliphatic carbocycles. The maximum atomic E-state index is 4.80. The van der Waals surface area contributed by atoms with Gasteiger partial charge in [-0.2, -0.15) is 0 Å². The van der Waals surface area contributed by atoms with Gasteiger partial charge in [-0.15, -0.1) is 0 Å². The van der Waals surface area contributed by atoms with E-state index in [1.165, 1.54) is 82.0 Å². The fourth-order valence-electron chi connectivity index (χ4n) is 8.67. The van der Waals surface area contributed by atoms with Crippen molar-refractivity contribution in [2.45, 2.75) is 11.5 Å². The molecule has 0 aromatic heterocycles. The van der Waals surface area contributed by atoms with Crippen LogP contribution in [-0.4, -0.2) is 6.72 Å². The van der Waals surface area contributed by atoms with Crippen molar-refractivity contribution in [1.29, 1.82) is 0 Å². The van der Waals surface area contributed by atoms with Gasteiger partial charge in [0.25, 0.3) is 0 Å². The van der Waals surface area contributed by atoms with Gasteiger partial charge < -0.3 is 0 Å². The minimum absolute atomic E-state index is 0.189. The molecule has 0 heterocycles. The van der Waals surface area contributed by atoms with Crippen LogP contribution in [0.3, 0.4) is 0 Å². The van der Waals surface area contributed by atoms with E-state index in [1.54, 1.807) is 0 Å². The lowest BCUT2D eigenvalue weighted by molar-refractivity contribution is 0.795. The van der Waals surface area contributed by atoms with Gasteiger partial charge in [0.05, 0.1) is 11.5 Å². The quantitative estimate of drug-likeness (QED) is 0.151. The second kappa shape index (κ2) is 8.52. The average molecular weight is 558 g/mol. The Morgan fingerprint density at radius 2 is 1.05 bits per heavy atom. The highest BCUT2D eigenvalue weighted by Crippen LogP contribution is 2.62. The average Bonchev–Trinajstić information content (AvgIpc) is 3.56. The highest BCUT2D eigenvalue weighted by Gasteiger charge is 2.50. The van der Waals surface area contributed by atoms with E-state index < -0.39 is 0 Å². The molecule has 1 heteroatoms. The molecule has 0 bridgehead atoms. The second-order valence-corrected chi connectivity index (χ2v) is 12.3. The van der Waals surface area contributed by atoms with E-state index in [9.17, 15) is 0 Å². The van der Waals surface area contributed by atoms with Crippen LogP contribution in [0.2, 0.25) is 0 Å². The number of nitrogens with zero attached hydrogens (tertiary/aromatic N) is 1. The molecular weight excluding hydrogens is 530 g/mol. The Bertz CT molecular complexity index is 2470. The van der Waals surface area contributed by atoms with E-state index in [0.717, 1.165) is 5.56 Å². The van der Waals surface area contributed by atoms with Crippen molar-refractivity contribution in [2.24, 2.45) is 4.99 Å². The summed E-state index contributed by atoms with van der Waals surface area (Å²) in [4.78, 5) is 4.80. The monoisotopic (exact) mass is 557 g/mol. The topological polar surface area (TPSA) is 12.4 Å². The van der Waals surface area contributed by atoms with Gasteiger partial charge in [0.15, 0.2) is 0 Å². The standard InChI is InChI=1S/C43H27N/c1-44-42(35-24-28-10-2-3-13-30(28)31-14-4-5-15-32(31)35)29-22-23-37-34(25-29)33-16-6-7-17-36(33)43(37)38-18-8-11-26-20-21-27-12-9-19-39(43)41(27)40(26)38/h2-25,42H,1H2. The van der Waals surface area contributed by atoms with Crippen molar-refractivity contribution >= 4 is 49.8 Å². The van der Waals surface area contributed by atoms with Crippen molar-refractivity contribution < 1.29 is 0 Å². The Kier molecular flexibility index (Phi) is 4.64. The minimum atomic E-state index is -0.347. The van der Waals surface area contributed by atoms with Crippen LogP contribution >= 0.6 is 0 Å². The van der Waals surface area contributed by atoms with Crippen LogP contribution in [0.5, 0.6) is 0 Å². The van der Waals surface area contributed by atoms with E-state index in [-0.39, 0.29) is 11.5 Å². The first-order chi connectivity index (χ1) is 21.8. The van der Waals surface area contributed by atoms with E-state index >= 15 is 0 Å². The van der Waals surface area contributed by atoms with Gasteiger partial charge in [0.1, 0.15) is 0 Å². The molecule has 0 aliphatic heterocycles. The number of benzene rings is 8. The molecule has 0 fully saturated rings. The molecule has 0 amide bonds. The molecule has 8 aromatic carbocycles. The van der Waals surface area contributed by atoms with Gasteiger partial charge in [-0.3, -0.25) is 4.99 Å². The van der Waals surface area contributed by atoms with E-state index in [4.69, 9.17) is 4.99 Å². The Balaban J connectivity index is 1.26. The molecule has 1 unspecified atom stereocenters. The lowest BCUT2D eigenvalue weighted by atomic mass is 9.70. The molecule has 0 saturated carbocycles. The number of fused-ring (bicyclic) bond motifs is 10. The summed E-state index contributed by atoms with van der Waals surface area (Å²) in [5.41, 5.74) is 10.1. The molecule has 8 aromatic rings. The summed E-state index contributed by atoms with van der Waals surface area (Å²) in [7, 11) is 0. The van der Waals surface area contributed by atoms with Crippen LogP contribution in [0.1, 0.15) is 39.4 Å². The Morgan fingerprint density at radius 1 is 0.455 bits per heavy atom. The number of aliphatic imine (C=N–C) groups is 1. The fourth-order valence-corrected chi connectivity index (χ4v) is 8.67. The van der Waals surface area contributed by atoms with Crippen molar-refractivity contribution in [3.63, 3.8) is 0 Å². The highest BCUT2D eigenvalue weighted by atomic mass is 14.7. The summed E-state index contributed by atoms with van der Waals surface area (Å²) >= 11 is 0. The summed E-state index contributed by atoms with van der Waals surface area (Å²) in [6.07, 6.45) is 0. The molecule has 44 heavy (non-hydrogen) atoms. The number of hydrogen-bond acceptors (Lipinski definition) is 1. The van der Waals surface area contributed by atoms with Crippen LogP contribution in [0.25, 0.3) is 54.2 Å². The predicted molar refractivity (Wildman–Crippen MR) is 185 cm³/mol. The smallest absolute Gasteiger partial charge is 0.0998 e. The molecule has 0 N–H and O–H groups in total. The number of rotatable bonds is 3. The first-order valence-corrected chi connectivity index (χ1v) is 15.3. The third-order valence-corrected chi connectivity index (χ3v) is 10.4. The van der Waals surface area contributed by atoms with Crippen molar-refractivity contribution in [3.8, 4) is 11.1 Å². The van der Waals surface area contributed by atoms with Crippen molar-refractivity contribution in [2.75, 3.05) is 0 Å². The maximum Gasteiger partial charge on any atom is 0.0998 e. The van der Waals surface area contributed by atoms with Crippen LogP contribution in [0, 0.1) is 0 Å². The Hall–Kier alpha value is -5.53. The zero-order valence-electron chi connectivity index (χ0n) is 24.1. The summed E-state index contributed by atoms with van der Waals surface area (Å²) in [5, 5.41) is 10.4. The van der Waals surface area contributed by atoms with Gasteiger partial charge in [0.2, 0.25) is 0 Å². The SMILES string of the molecule is C=NC(c1ccc2c(c1)-c1ccccc1C21c2cccc3ccc4cccc1c4c23)c1cc2ccccc2c2ccccc12. The van der Waals surface area contributed by atoms with Gasteiger partial charge in [-0.1, -0.05) is 133 Å². The molecule has 204 valence electrons. The molecular formula is C43H27N. The van der Waals surface area contributed by atoms with Crippen LogP contribution in [-0.2, 0) is 5.41 Å². The molecule has 10 rings (SSSR count). The van der Waals surface area contributed by atoms with Crippen molar-refractivity contribution in [3.05, 3.63) is 179 Å². The molecule has 2 aliphatic rings. The molecule has 1 spiro atoms. The normalized spacial score (nSPS) is 14.5. The highest BCUT2D eigenvalue weighted by molar-refractivity contribution is 6.17. The van der Waals surface area contributed by atoms with Gasteiger partial charge in [0, 0.05) is 0 Å². The van der Waals surface area contributed by atoms with E-state index in [0.29, 0.717) is 0 Å². The summed E-state index contributed by atoms with van der Waals surface area (Å²) in [5.74, 6) is 0. The van der Waals surface area contributed by atoms with Crippen LogP contribution < -0.4 is 0 Å².